The lowest BCUT2D eigenvalue weighted by atomic mass is 9.95. The van der Waals surface area contributed by atoms with Crippen LogP contribution < -0.4 is 5.32 Å². The fourth-order valence-corrected chi connectivity index (χ4v) is 2.12. The Kier molecular flexibility index (Phi) is 4.58. The number of aromatic nitrogens is 1. The molecule has 110 valence electrons. The van der Waals surface area contributed by atoms with Gasteiger partial charge in [-0.15, -0.1) is 0 Å². The minimum atomic E-state index is -0.358. The highest BCUT2D eigenvalue weighted by Gasteiger charge is 2.22. The van der Waals surface area contributed by atoms with Crippen molar-refractivity contribution in [3.8, 4) is 5.75 Å². The van der Waals surface area contributed by atoms with E-state index < -0.39 is 0 Å². The number of aromatic hydroxyl groups is 1. The summed E-state index contributed by atoms with van der Waals surface area (Å²) in [4.78, 5) is 16.0. The minimum Gasteiger partial charge on any atom is -0.505 e. The van der Waals surface area contributed by atoms with Gasteiger partial charge in [0, 0.05) is 11.7 Å². The molecule has 0 aliphatic heterocycles. The Balaban J connectivity index is 1.97. The van der Waals surface area contributed by atoms with Crippen molar-refractivity contribution in [1.82, 2.24) is 10.3 Å². The number of carbonyl (C=O) groups excluding carboxylic acids is 1. The van der Waals surface area contributed by atoms with Crippen LogP contribution in [0.1, 0.15) is 36.2 Å². The molecule has 0 aliphatic carbocycles. The number of benzene rings is 1. The van der Waals surface area contributed by atoms with Crippen LogP contribution in [0.15, 0.2) is 48.8 Å². The molecule has 0 unspecified atom stereocenters. The molecule has 1 aromatic heterocycles. The molecule has 21 heavy (non-hydrogen) atoms. The average molecular weight is 284 g/mol. The van der Waals surface area contributed by atoms with Crippen molar-refractivity contribution in [3.63, 3.8) is 0 Å². The number of nitrogens with zero attached hydrogens (tertiary/aromatic N) is 1. The Morgan fingerprint density at radius 3 is 2.62 bits per heavy atom. The number of pyridine rings is 1. The second kappa shape index (κ2) is 6.39. The summed E-state index contributed by atoms with van der Waals surface area (Å²) in [6, 6.07) is 11.7. The zero-order chi connectivity index (χ0) is 15.3. The van der Waals surface area contributed by atoms with E-state index in [1.165, 1.54) is 24.0 Å². The van der Waals surface area contributed by atoms with E-state index in [1.54, 1.807) is 0 Å². The lowest BCUT2D eigenvalue weighted by molar-refractivity contribution is 0.0906. The number of hydrogen-bond acceptors (Lipinski definition) is 3. The maximum Gasteiger partial charge on any atom is 0.255 e. The van der Waals surface area contributed by atoms with Gasteiger partial charge in [-0.1, -0.05) is 30.3 Å². The third kappa shape index (κ3) is 4.31. The zero-order valence-electron chi connectivity index (χ0n) is 12.3. The van der Waals surface area contributed by atoms with Gasteiger partial charge >= 0.3 is 0 Å². The van der Waals surface area contributed by atoms with Gasteiger partial charge in [-0.05, 0) is 38.3 Å². The van der Waals surface area contributed by atoms with Crippen molar-refractivity contribution >= 4 is 5.91 Å². The summed E-state index contributed by atoms with van der Waals surface area (Å²) in [7, 11) is 0. The Hall–Kier alpha value is -2.36. The molecule has 0 spiro atoms. The first kappa shape index (κ1) is 15.0. The van der Waals surface area contributed by atoms with Crippen molar-refractivity contribution < 1.29 is 9.90 Å². The summed E-state index contributed by atoms with van der Waals surface area (Å²) in [6.07, 6.45) is 4.46. The highest BCUT2D eigenvalue weighted by Crippen LogP contribution is 2.18. The molecule has 1 aromatic carbocycles. The topological polar surface area (TPSA) is 62.2 Å². The van der Waals surface area contributed by atoms with Gasteiger partial charge in [-0.2, -0.15) is 0 Å². The predicted molar refractivity (Wildman–Crippen MR) is 82.2 cm³/mol. The lowest BCUT2D eigenvalue weighted by Gasteiger charge is -2.26. The summed E-state index contributed by atoms with van der Waals surface area (Å²) in [5, 5.41) is 12.6. The SMILES string of the molecule is CC(C)(CCc1ccccc1)NC(=O)c1ccncc1O. The molecule has 4 nitrogen and oxygen atoms in total. The molecule has 0 atom stereocenters. The third-order valence-electron chi connectivity index (χ3n) is 3.38. The Morgan fingerprint density at radius 2 is 1.95 bits per heavy atom. The van der Waals surface area contributed by atoms with E-state index in [1.807, 2.05) is 32.0 Å². The highest BCUT2D eigenvalue weighted by molar-refractivity contribution is 5.96. The van der Waals surface area contributed by atoms with Crippen LogP contribution in [0.4, 0.5) is 0 Å². The molecule has 2 aromatic rings. The number of nitrogens with one attached hydrogen (secondary N) is 1. The summed E-state index contributed by atoms with van der Waals surface area (Å²) >= 11 is 0. The monoisotopic (exact) mass is 284 g/mol. The van der Waals surface area contributed by atoms with Crippen LogP contribution in [0.5, 0.6) is 5.75 Å². The molecular formula is C17H20N2O2. The van der Waals surface area contributed by atoms with Crippen molar-refractivity contribution in [1.29, 1.82) is 0 Å². The Bertz CT molecular complexity index is 609. The fraction of sp³-hybridized carbons (Fsp3) is 0.294. The quantitative estimate of drug-likeness (QED) is 0.887. The molecule has 0 aliphatic rings. The number of rotatable bonds is 5. The normalized spacial score (nSPS) is 11.1. The maximum atomic E-state index is 12.2. The van der Waals surface area contributed by atoms with Gasteiger partial charge in [0.15, 0.2) is 0 Å². The summed E-state index contributed by atoms with van der Waals surface area (Å²) in [5.74, 6) is -0.387. The smallest absolute Gasteiger partial charge is 0.255 e. The first-order chi connectivity index (χ1) is 9.98. The van der Waals surface area contributed by atoms with Crippen molar-refractivity contribution in [2.24, 2.45) is 0 Å². The van der Waals surface area contributed by atoms with Crippen LogP contribution >= 0.6 is 0 Å². The third-order valence-corrected chi connectivity index (χ3v) is 3.38. The molecule has 1 amide bonds. The number of amides is 1. The van der Waals surface area contributed by atoms with Crippen LogP contribution in [0, 0.1) is 0 Å². The molecule has 1 heterocycles. The van der Waals surface area contributed by atoms with E-state index in [4.69, 9.17) is 0 Å². The van der Waals surface area contributed by atoms with Gasteiger partial charge < -0.3 is 10.4 Å². The number of aryl methyl sites for hydroxylation is 1. The van der Waals surface area contributed by atoms with Crippen LogP contribution in [-0.4, -0.2) is 21.5 Å². The van der Waals surface area contributed by atoms with Gasteiger partial charge in [0.1, 0.15) is 5.75 Å². The van der Waals surface area contributed by atoms with Crippen LogP contribution in [0.3, 0.4) is 0 Å². The highest BCUT2D eigenvalue weighted by atomic mass is 16.3. The van der Waals surface area contributed by atoms with Gasteiger partial charge in [0.05, 0.1) is 11.8 Å². The van der Waals surface area contributed by atoms with Crippen LogP contribution in [-0.2, 0) is 6.42 Å². The van der Waals surface area contributed by atoms with E-state index in [0.717, 1.165) is 12.8 Å². The van der Waals surface area contributed by atoms with Crippen molar-refractivity contribution in [2.75, 3.05) is 0 Å². The second-order valence-electron chi connectivity index (χ2n) is 5.72. The first-order valence-corrected chi connectivity index (χ1v) is 6.97. The Labute approximate surface area is 124 Å². The van der Waals surface area contributed by atoms with E-state index >= 15 is 0 Å². The van der Waals surface area contributed by atoms with E-state index in [9.17, 15) is 9.90 Å². The summed E-state index contributed by atoms with van der Waals surface area (Å²) in [5.41, 5.74) is 1.13. The minimum absolute atomic E-state index is 0.103. The standard InChI is InChI=1S/C17H20N2O2/c1-17(2,10-8-13-6-4-3-5-7-13)19-16(21)14-9-11-18-12-15(14)20/h3-7,9,11-12,20H,8,10H2,1-2H3,(H,19,21). The maximum absolute atomic E-state index is 12.2. The molecule has 2 N–H and O–H groups in total. The van der Waals surface area contributed by atoms with Gasteiger partial charge in [-0.25, -0.2) is 0 Å². The predicted octanol–water partition coefficient (Wildman–Crippen LogP) is 2.93. The number of hydrogen-bond donors (Lipinski definition) is 2. The average Bonchev–Trinajstić information content (AvgIpc) is 2.46. The lowest BCUT2D eigenvalue weighted by Crippen LogP contribution is -2.43. The Morgan fingerprint density at radius 1 is 1.24 bits per heavy atom. The van der Waals surface area contributed by atoms with E-state index in [2.05, 4.69) is 22.4 Å². The molecule has 2 rings (SSSR count). The molecule has 4 heteroatoms. The summed E-state index contributed by atoms with van der Waals surface area (Å²) < 4.78 is 0. The second-order valence-corrected chi connectivity index (χ2v) is 5.72. The van der Waals surface area contributed by atoms with Crippen molar-refractivity contribution in [2.45, 2.75) is 32.2 Å². The van der Waals surface area contributed by atoms with E-state index in [0.29, 0.717) is 0 Å². The molecule has 0 radical (unpaired) electrons. The fourth-order valence-electron chi connectivity index (χ4n) is 2.12. The largest absolute Gasteiger partial charge is 0.505 e. The first-order valence-electron chi connectivity index (χ1n) is 6.97. The molecule has 0 saturated carbocycles. The van der Waals surface area contributed by atoms with Crippen LogP contribution in [0.2, 0.25) is 0 Å². The zero-order valence-corrected chi connectivity index (χ0v) is 12.3. The molecule has 0 saturated heterocycles. The molecule has 0 fully saturated rings. The molecule has 0 bridgehead atoms. The van der Waals surface area contributed by atoms with Gasteiger partial charge in [0.25, 0.3) is 5.91 Å². The van der Waals surface area contributed by atoms with Gasteiger partial charge in [-0.3, -0.25) is 9.78 Å². The van der Waals surface area contributed by atoms with Gasteiger partial charge in [0.2, 0.25) is 0 Å². The van der Waals surface area contributed by atoms with Crippen LogP contribution in [0.25, 0.3) is 0 Å². The molecular weight excluding hydrogens is 264 g/mol. The number of carbonyl (C=O) groups is 1. The summed E-state index contributed by atoms with van der Waals surface area (Å²) in [6.45, 7) is 3.96. The van der Waals surface area contributed by atoms with Crippen molar-refractivity contribution in [3.05, 3.63) is 59.9 Å². The van der Waals surface area contributed by atoms with E-state index in [-0.39, 0.29) is 22.8 Å².